The summed E-state index contributed by atoms with van der Waals surface area (Å²) in [7, 11) is 0. The second-order valence-electron chi connectivity index (χ2n) is 10.4. The van der Waals surface area contributed by atoms with E-state index >= 15 is 0 Å². The summed E-state index contributed by atoms with van der Waals surface area (Å²) in [4.78, 5) is 31.2. The molecule has 0 radical (unpaired) electrons. The number of aromatic nitrogens is 2. The monoisotopic (exact) mass is 499 g/mol. The third-order valence-electron chi connectivity index (χ3n) is 7.44. The minimum atomic E-state index is -0.747. The average molecular weight is 500 g/mol. The SMILES string of the molecule is CCCCN1C(=O)[C@H](CC(C)C)NC(=O)C12CCN(Cc1c(C)nn(-c3ccccc3)c1Cl)CC2. The van der Waals surface area contributed by atoms with Crippen LogP contribution in [0.4, 0.5) is 0 Å². The molecule has 8 heteroatoms. The van der Waals surface area contributed by atoms with Gasteiger partial charge in [0.25, 0.3) is 0 Å². The van der Waals surface area contributed by atoms with E-state index in [-0.39, 0.29) is 11.8 Å². The van der Waals surface area contributed by atoms with Crippen molar-refractivity contribution in [1.29, 1.82) is 0 Å². The summed E-state index contributed by atoms with van der Waals surface area (Å²) >= 11 is 6.76. The van der Waals surface area contributed by atoms with Crippen LogP contribution in [0, 0.1) is 12.8 Å². The molecule has 2 aromatic rings. The minimum Gasteiger partial charge on any atom is -0.342 e. The number of likely N-dealkylation sites (tertiary alicyclic amines) is 1. The Labute approximate surface area is 213 Å². The number of unbranched alkanes of at least 4 members (excludes halogenated alkanes) is 1. The van der Waals surface area contributed by atoms with Gasteiger partial charge in [-0.05, 0) is 50.7 Å². The van der Waals surface area contributed by atoms with E-state index in [0.29, 0.717) is 43.4 Å². The highest BCUT2D eigenvalue weighted by molar-refractivity contribution is 6.30. The summed E-state index contributed by atoms with van der Waals surface area (Å²) in [6.07, 6.45) is 3.84. The quantitative estimate of drug-likeness (QED) is 0.586. The number of benzene rings is 1. The lowest BCUT2D eigenvalue weighted by Gasteiger charge is -2.52. The van der Waals surface area contributed by atoms with E-state index in [1.54, 1.807) is 4.68 Å². The molecular weight excluding hydrogens is 462 g/mol. The molecule has 1 spiro atoms. The molecule has 0 aliphatic carbocycles. The normalized spacial score (nSPS) is 20.6. The molecule has 1 atom stereocenters. The van der Waals surface area contributed by atoms with E-state index in [2.05, 4.69) is 36.1 Å². The maximum atomic E-state index is 13.5. The van der Waals surface area contributed by atoms with Crippen molar-refractivity contribution in [2.24, 2.45) is 5.92 Å². The fourth-order valence-corrected chi connectivity index (χ4v) is 5.73. The fraction of sp³-hybridized carbons (Fsp3) is 0.593. The van der Waals surface area contributed by atoms with Gasteiger partial charge >= 0.3 is 0 Å². The molecule has 2 aliphatic rings. The van der Waals surface area contributed by atoms with Crippen molar-refractivity contribution in [3.8, 4) is 5.69 Å². The third kappa shape index (κ3) is 5.12. The zero-order valence-electron chi connectivity index (χ0n) is 21.4. The molecule has 3 heterocycles. The molecule has 2 amide bonds. The van der Waals surface area contributed by atoms with Crippen molar-refractivity contribution < 1.29 is 9.59 Å². The lowest BCUT2D eigenvalue weighted by molar-refractivity contribution is -0.161. The Balaban J connectivity index is 1.49. The molecule has 2 fully saturated rings. The van der Waals surface area contributed by atoms with Crippen LogP contribution in [0.5, 0.6) is 0 Å². The minimum absolute atomic E-state index is 0.0182. The zero-order valence-corrected chi connectivity index (χ0v) is 22.1. The van der Waals surface area contributed by atoms with Crippen molar-refractivity contribution in [2.45, 2.75) is 77.9 Å². The number of carbonyl (C=O) groups excluding carboxylic acids is 2. The van der Waals surface area contributed by atoms with Crippen LogP contribution in [0.2, 0.25) is 5.15 Å². The number of piperidine rings is 1. The van der Waals surface area contributed by atoms with Crippen molar-refractivity contribution >= 4 is 23.4 Å². The summed E-state index contributed by atoms with van der Waals surface area (Å²) in [5, 5.41) is 8.38. The van der Waals surface area contributed by atoms with Crippen molar-refractivity contribution in [3.05, 3.63) is 46.7 Å². The van der Waals surface area contributed by atoms with Gasteiger partial charge in [0.1, 0.15) is 16.7 Å². The number of para-hydroxylation sites is 1. The number of nitrogens with one attached hydrogen (secondary N) is 1. The number of nitrogens with zero attached hydrogens (tertiary/aromatic N) is 4. The van der Waals surface area contributed by atoms with Crippen LogP contribution in [-0.2, 0) is 16.1 Å². The summed E-state index contributed by atoms with van der Waals surface area (Å²) in [5.74, 6) is 0.450. The Morgan fingerprint density at radius 1 is 1.17 bits per heavy atom. The van der Waals surface area contributed by atoms with Gasteiger partial charge in [0.2, 0.25) is 11.8 Å². The molecule has 2 aliphatic heterocycles. The van der Waals surface area contributed by atoms with Crippen LogP contribution in [0.15, 0.2) is 30.3 Å². The number of hydrogen-bond acceptors (Lipinski definition) is 4. The van der Waals surface area contributed by atoms with E-state index in [9.17, 15) is 9.59 Å². The highest BCUT2D eigenvalue weighted by atomic mass is 35.5. The molecule has 1 aromatic heterocycles. The van der Waals surface area contributed by atoms with Gasteiger partial charge in [0.15, 0.2) is 0 Å². The Bertz CT molecular complexity index is 1040. The molecule has 1 N–H and O–H groups in total. The lowest BCUT2D eigenvalue weighted by Crippen LogP contribution is -2.73. The number of piperazine rings is 1. The first-order valence-corrected chi connectivity index (χ1v) is 13.3. The van der Waals surface area contributed by atoms with E-state index < -0.39 is 11.6 Å². The van der Waals surface area contributed by atoms with Gasteiger partial charge in [-0.2, -0.15) is 5.10 Å². The van der Waals surface area contributed by atoms with Crippen LogP contribution in [0.1, 0.15) is 64.1 Å². The van der Waals surface area contributed by atoms with E-state index in [1.807, 2.05) is 42.2 Å². The van der Waals surface area contributed by atoms with Gasteiger partial charge in [-0.15, -0.1) is 0 Å². The van der Waals surface area contributed by atoms with Crippen molar-refractivity contribution in [3.63, 3.8) is 0 Å². The highest BCUT2D eigenvalue weighted by Crippen LogP contribution is 2.35. The maximum absolute atomic E-state index is 13.5. The molecule has 1 aromatic carbocycles. The molecule has 190 valence electrons. The standard InChI is InChI=1S/C27H38ClN5O2/c1-5-6-14-32-25(34)23(17-19(2)3)29-26(35)27(32)12-15-31(16-13-27)18-22-20(4)30-33(24(22)28)21-10-8-7-9-11-21/h7-11,19,23H,5-6,12-18H2,1-4H3,(H,29,35)/t23-/m0/s1. The number of carbonyl (C=O) groups is 2. The molecule has 2 saturated heterocycles. The average Bonchev–Trinajstić information content (AvgIpc) is 3.12. The lowest BCUT2D eigenvalue weighted by atomic mass is 9.80. The summed E-state index contributed by atoms with van der Waals surface area (Å²) in [6, 6.07) is 9.48. The van der Waals surface area contributed by atoms with E-state index in [0.717, 1.165) is 42.9 Å². The van der Waals surface area contributed by atoms with Crippen LogP contribution in [0.3, 0.4) is 0 Å². The Morgan fingerprint density at radius 3 is 2.49 bits per heavy atom. The smallest absolute Gasteiger partial charge is 0.246 e. The zero-order chi connectivity index (χ0) is 25.2. The van der Waals surface area contributed by atoms with Gasteiger partial charge in [-0.25, -0.2) is 4.68 Å². The van der Waals surface area contributed by atoms with Gasteiger partial charge in [-0.3, -0.25) is 14.5 Å². The molecule has 35 heavy (non-hydrogen) atoms. The van der Waals surface area contributed by atoms with Gasteiger partial charge in [-0.1, -0.05) is 57.0 Å². The van der Waals surface area contributed by atoms with E-state index in [1.165, 1.54) is 0 Å². The predicted octanol–water partition coefficient (Wildman–Crippen LogP) is 4.34. The molecular formula is C27H38ClN5O2. The van der Waals surface area contributed by atoms with Crippen LogP contribution >= 0.6 is 11.6 Å². The van der Waals surface area contributed by atoms with Gasteiger partial charge < -0.3 is 10.2 Å². The first kappa shape index (κ1) is 25.7. The highest BCUT2D eigenvalue weighted by Gasteiger charge is 2.53. The summed E-state index contributed by atoms with van der Waals surface area (Å²) in [6.45, 7) is 11.1. The molecule has 7 nitrogen and oxygen atoms in total. The molecule has 0 saturated carbocycles. The number of aryl methyl sites for hydroxylation is 1. The second-order valence-corrected chi connectivity index (χ2v) is 10.8. The number of halogens is 1. The largest absolute Gasteiger partial charge is 0.342 e. The maximum Gasteiger partial charge on any atom is 0.246 e. The Morgan fingerprint density at radius 2 is 1.86 bits per heavy atom. The first-order valence-electron chi connectivity index (χ1n) is 12.9. The third-order valence-corrected chi connectivity index (χ3v) is 7.83. The second kappa shape index (κ2) is 10.7. The molecule has 0 bridgehead atoms. The predicted molar refractivity (Wildman–Crippen MR) is 139 cm³/mol. The number of hydrogen-bond donors (Lipinski definition) is 1. The van der Waals surface area contributed by atoms with Crippen molar-refractivity contribution in [2.75, 3.05) is 19.6 Å². The topological polar surface area (TPSA) is 70.5 Å². The molecule has 0 unspecified atom stereocenters. The van der Waals surface area contributed by atoms with Crippen LogP contribution in [-0.4, -0.2) is 62.6 Å². The van der Waals surface area contributed by atoms with Gasteiger partial charge in [0.05, 0.1) is 11.4 Å². The van der Waals surface area contributed by atoms with Crippen molar-refractivity contribution in [1.82, 2.24) is 24.9 Å². The first-order chi connectivity index (χ1) is 16.8. The van der Waals surface area contributed by atoms with Crippen LogP contribution in [0.25, 0.3) is 5.69 Å². The summed E-state index contributed by atoms with van der Waals surface area (Å²) in [5.41, 5.74) is 2.11. The number of amides is 2. The summed E-state index contributed by atoms with van der Waals surface area (Å²) < 4.78 is 1.78. The molecule has 4 rings (SSSR count). The van der Waals surface area contributed by atoms with E-state index in [4.69, 9.17) is 11.6 Å². The Kier molecular flexibility index (Phi) is 7.86. The fourth-order valence-electron chi connectivity index (χ4n) is 5.40. The van der Waals surface area contributed by atoms with Gasteiger partial charge in [0, 0.05) is 31.7 Å². The van der Waals surface area contributed by atoms with Crippen LogP contribution < -0.4 is 5.32 Å². The Hall–Kier alpha value is -2.38. The number of rotatable bonds is 8.